The van der Waals surface area contributed by atoms with Crippen LogP contribution < -0.4 is 20.1 Å². The molecular formula is C17H28F2IN3O3. The Kier molecular flexibility index (Phi) is 14.0. The van der Waals surface area contributed by atoms with Crippen LogP contribution in [0.2, 0.25) is 0 Å². The number of nitrogens with zero attached hydrogens (tertiary/aromatic N) is 1. The van der Waals surface area contributed by atoms with E-state index in [4.69, 9.17) is 9.47 Å². The van der Waals surface area contributed by atoms with Gasteiger partial charge in [0.05, 0.1) is 19.8 Å². The third kappa shape index (κ3) is 9.95. The van der Waals surface area contributed by atoms with Crippen LogP contribution in [-0.4, -0.2) is 45.5 Å². The molecule has 0 aliphatic rings. The monoisotopic (exact) mass is 487 g/mol. The molecule has 1 aromatic carbocycles. The van der Waals surface area contributed by atoms with E-state index in [9.17, 15) is 8.78 Å². The highest BCUT2D eigenvalue weighted by Gasteiger charge is 2.11. The van der Waals surface area contributed by atoms with Gasteiger partial charge in [0.25, 0.3) is 0 Å². The molecule has 0 bridgehead atoms. The van der Waals surface area contributed by atoms with E-state index in [2.05, 4.69) is 20.4 Å². The summed E-state index contributed by atoms with van der Waals surface area (Å²) in [6.45, 7) is 6.17. The van der Waals surface area contributed by atoms with Gasteiger partial charge in [0.2, 0.25) is 0 Å². The van der Waals surface area contributed by atoms with E-state index < -0.39 is 6.61 Å². The second-order valence-electron chi connectivity index (χ2n) is 4.91. The Morgan fingerprint density at radius 1 is 1.12 bits per heavy atom. The van der Waals surface area contributed by atoms with Crippen molar-refractivity contribution < 1.29 is 23.0 Å². The van der Waals surface area contributed by atoms with Gasteiger partial charge in [-0.25, -0.2) is 4.99 Å². The maximum atomic E-state index is 12.4. The summed E-state index contributed by atoms with van der Waals surface area (Å²) in [5.41, 5.74) is 0.826. The first kappa shape index (κ1) is 24.6. The molecule has 150 valence electrons. The summed E-state index contributed by atoms with van der Waals surface area (Å²) in [7, 11) is 0. The zero-order chi connectivity index (χ0) is 18.5. The van der Waals surface area contributed by atoms with Gasteiger partial charge >= 0.3 is 6.61 Å². The van der Waals surface area contributed by atoms with E-state index in [1.807, 2.05) is 13.8 Å². The van der Waals surface area contributed by atoms with Gasteiger partial charge in [0.1, 0.15) is 0 Å². The normalized spacial score (nSPS) is 11.1. The standard InChI is InChI=1S/C17H27F2N3O3.HI/c1-4-20-17(21-9-10-23-5-2)22-12-13-7-8-14(25-16(18)19)15(11-13)24-6-3;/h7-8,11,16H,4-6,9-10,12H2,1-3H3,(H2,20,21,22);1H. The average Bonchev–Trinajstić information content (AvgIpc) is 2.58. The number of halogens is 3. The molecule has 6 nitrogen and oxygen atoms in total. The zero-order valence-electron chi connectivity index (χ0n) is 15.4. The molecule has 0 aliphatic carbocycles. The summed E-state index contributed by atoms with van der Waals surface area (Å²) in [5.74, 6) is 0.962. The lowest BCUT2D eigenvalue weighted by Gasteiger charge is -2.13. The smallest absolute Gasteiger partial charge is 0.387 e. The Bertz CT molecular complexity index is 534. The highest BCUT2D eigenvalue weighted by molar-refractivity contribution is 14.0. The molecule has 0 aliphatic heterocycles. The largest absolute Gasteiger partial charge is 0.490 e. The third-order valence-corrected chi connectivity index (χ3v) is 3.03. The number of hydrogen-bond donors (Lipinski definition) is 2. The highest BCUT2D eigenvalue weighted by atomic mass is 127. The van der Waals surface area contributed by atoms with Crippen molar-refractivity contribution in [2.75, 3.05) is 32.9 Å². The summed E-state index contributed by atoms with van der Waals surface area (Å²) in [6.07, 6.45) is 0. The molecule has 0 unspecified atom stereocenters. The lowest BCUT2D eigenvalue weighted by atomic mass is 10.2. The predicted molar refractivity (Wildman–Crippen MR) is 109 cm³/mol. The maximum Gasteiger partial charge on any atom is 0.387 e. The van der Waals surface area contributed by atoms with Crippen LogP contribution in [0, 0.1) is 0 Å². The van der Waals surface area contributed by atoms with Crippen molar-refractivity contribution >= 4 is 29.9 Å². The number of benzene rings is 1. The fourth-order valence-corrected chi connectivity index (χ4v) is 2.01. The quantitative estimate of drug-likeness (QED) is 0.217. The van der Waals surface area contributed by atoms with Crippen molar-refractivity contribution in [3.05, 3.63) is 23.8 Å². The molecule has 0 saturated carbocycles. The molecule has 0 saturated heterocycles. The molecule has 0 atom stereocenters. The van der Waals surface area contributed by atoms with Gasteiger partial charge < -0.3 is 24.8 Å². The molecule has 0 fully saturated rings. The summed E-state index contributed by atoms with van der Waals surface area (Å²) in [5, 5.41) is 6.30. The number of hydrogen-bond acceptors (Lipinski definition) is 4. The van der Waals surface area contributed by atoms with Crippen molar-refractivity contribution in [3.8, 4) is 11.5 Å². The molecule has 9 heteroatoms. The van der Waals surface area contributed by atoms with E-state index in [0.717, 1.165) is 12.1 Å². The average molecular weight is 487 g/mol. The lowest BCUT2D eigenvalue weighted by molar-refractivity contribution is -0.0514. The van der Waals surface area contributed by atoms with E-state index >= 15 is 0 Å². The molecule has 0 heterocycles. The Morgan fingerprint density at radius 3 is 2.50 bits per heavy atom. The van der Waals surface area contributed by atoms with Gasteiger partial charge in [-0.05, 0) is 38.5 Å². The van der Waals surface area contributed by atoms with Crippen molar-refractivity contribution in [1.29, 1.82) is 0 Å². The predicted octanol–water partition coefficient (Wildman–Crippen LogP) is 3.40. The van der Waals surface area contributed by atoms with Crippen LogP contribution in [0.3, 0.4) is 0 Å². The molecular weight excluding hydrogens is 459 g/mol. The van der Waals surface area contributed by atoms with Crippen LogP contribution >= 0.6 is 24.0 Å². The summed E-state index contributed by atoms with van der Waals surface area (Å²) in [4.78, 5) is 4.47. The van der Waals surface area contributed by atoms with Gasteiger partial charge in [-0.3, -0.25) is 0 Å². The van der Waals surface area contributed by atoms with E-state index in [-0.39, 0.29) is 35.5 Å². The molecule has 2 N–H and O–H groups in total. The number of guanidine groups is 1. The molecule has 0 amide bonds. The van der Waals surface area contributed by atoms with Crippen molar-refractivity contribution in [1.82, 2.24) is 10.6 Å². The first-order valence-electron chi connectivity index (χ1n) is 8.41. The van der Waals surface area contributed by atoms with Crippen molar-refractivity contribution in [2.24, 2.45) is 4.99 Å². The number of aliphatic imine (C=N–C) groups is 1. The summed E-state index contributed by atoms with van der Waals surface area (Å²) >= 11 is 0. The Morgan fingerprint density at radius 2 is 1.88 bits per heavy atom. The van der Waals surface area contributed by atoms with E-state index in [0.29, 0.717) is 38.9 Å². The van der Waals surface area contributed by atoms with Gasteiger partial charge in [0.15, 0.2) is 17.5 Å². The number of nitrogens with one attached hydrogen (secondary N) is 2. The Balaban J connectivity index is 0.00000625. The van der Waals surface area contributed by atoms with Gasteiger partial charge in [-0.15, -0.1) is 24.0 Å². The topological polar surface area (TPSA) is 64.1 Å². The van der Waals surface area contributed by atoms with Gasteiger partial charge in [0, 0.05) is 19.7 Å². The second kappa shape index (κ2) is 14.8. The lowest BCUT2D eigenvalue weighted by Crippen LogP contribution is -2.39. The van der Waals surface area contributed by atoms with Crippen LogP contribution in [0.25, 0.3) is 0 Å². The second-order valence-corrected chi connectivity index (χ2v) is 4.91. The maximum absolute atomic E-state index is 12.4. The van der Waals surface area contributed by atoms with Crippen LogP contribution in [-0.2, 0) is 11.3 Å². The van der Waals surface area contributed by atoms with Crippen LogP contribution in [0.5, 0.6) is 11.5 Å². The minimum absolute atomic E-state index is 0. The number of rotatable bonds is 11. The minimum Gasteiger partial charge on any atom is -0.490 e. The van der Waals surface area contributed by atoms with Crippen molar-refractivity contribution in [3.63, 3.8) is 0 Å². The zero-order valence-corrected chi connectivity index (χ0v) is 17.7. The van der Waals surface area contributed by atoms with Gasteiger partial charge in [-0.2, -0.15) is 8.78 Å². The molecule has 0 spiro atoms. The van der Waals surface area contributed by atoms with Gasteiger partial charge in [-0.1, -0.05) is 6.07 Å². The van der Waals surface area contributed by atoms with Crippen molar-refractivity contribution in [2.45, 2.75) is 33.9 Å². The highest BCUT2D eigenvalue weighted by Crippen LogP contribution is 2.30. The number of ether oxygens (including phenoxy) is 3. The Labute approximate surface area is 170 Å². The van der Waals surface area contributed by atoms with E-state index in [1.165, 1.54) is 6.07 Å². The summed E-state index contributed by atoms with van der Waals surface area (Å²) < 4.78 is 40.0. The Hall–Kier alpha value is -1.36. The van der Waals surface area contributed by atoms with E-state index in [1.54, 1.807) is 19.1 Å². The van der Waals surface area contributed by atoms with Crippen LogP contribution in [0.4, 0.5) is 8.78 Å². The van der Waals surface area contributed by atoms with Crippen LogP contribution in [0.1, 0.15) is 26.3 Å². The third-order valence-electron chi connectivity index (χ3n) is 3.03. The van der Waals surface area contributed by atoms with Crippen LogP contribution in [0.15, 0.2) is 23.2 Å². The fourth-order valence-electron chi connectivity index (χ4n) is 2.01. The molecule has 1 rings (SSSR count). The summed E-state index contributed by atoms with van der Waals surface area (Å²) in [6, 6.07) is 4.82. The molecule has 0 aromatic heterocycles. The molecule has 0 radical (unpaired) electrons. The fraction of sp³-hybridized carbons (Fsp3) is 0.588. The number of alkyl halides is 2. The first-order valence-corrected chi connectivity index (χ1v) is 8.41. The first-order chi connectivity index (χ1) is 12.1. The molecule has 26 heavy (non-hydrogen) atoms. The minimum atomic E-state index is -2.89. The molecule has 1 aromatic rings. The SMILES string of the molecule is CCNC(=NCc1ccc(OC(F)F)c(OCC)c1)NCCOCC.I.